The monoisotopic (exact) mass is 307 g/mol. The molecule has 21 heavy (non-hydrogen) atoms. The van der Waals surface area contributed by atoms with Crippen molar-refractivity contribution in [3.63, 3.8) is 0 Å². The van der Waals surface area contributed by atoms with Gasteiger partial charge >= 0.3 is 12.1 Å². The van der Waals surface area contributed by atoms with Crippen molar-refractivity contribution in [3.05, 3.63) is 24.0 Å². The van der Waals surface area contributed by atoms with Gasteiger partial charge in [-0.1, -0.05) is 0 Å². The summed E-state index contributed by atoms with van der Waals surface area (Å²) in [5.74, 6) is -2.74. The molecule has 0 aliphatic carbocycles. The molecule has 1 fully saturated rings. The van der Waals surface area contributed by atoms with Gasteiger partial charge in [0.15, 0.2) is 0 Å². The van der Waals surface area contributed by atoms with Crippen molar-refractivity contribution in [3.8, 4) is 0 Å². The average Bonchev–Trinajstić information content (AvgIpc) is 2.93. The number of rotatable bonds is 2. The van der Waals surface area contributed by atoms with Crippen molar-refractivity contribution in [2.75, 3.05) is 13.1 Å². The van der Waals surface area contributed by atoms with Crippen LogP contribution in [0.15, 0.2) is 18.5 Å². The van der Waals surface area contributed by atoms with E-state index in [0.717, 1.165) is 25.9 Å². The molecule has 4 N–H and O–H groups in total. The smallest absolute Gasteiger partial charge is 0.475 e. The summed E-state index contributed by atoms with van der Waals surface area (Å²) in [6.45, 7) is 1.95. The number of piperidine rings is 1. The molecule has 9 heteroatoms. The first-order chi connectivity index (χ1) is 9.80. The van der Waals surface area contributed by atoms with Gasteiger partial charge in [0.1, 0.15) is 0 Å². The van der Waals surface area contributed by atoms with E-state index in [-0.39, 0.29) is 11.9 Å². The Morgan fingerprint density at radius 3 is 2.48 bits per heavy atom. The van der Waals surface area contributed by atoms with Crippen molar-refractivity contribution in [1.82, 2.24) is 15.6 Å². The van der Waals surface area contributed by atoms with Crippen LogP contribution in [-0.2, 0) is 4.79 Å². The van der Waals surface area contributed by atoms with Gasteiger partial charge in [-0.15, -0.1) is 0 Å². The SMILES string of the molecule is O=C(N[C@H]1CCCNC1)c1cc[nH]c1.O=C(O)C(F)(F)F. The number of aromatic nitrogens is 1. The van der Waals surface area contributed by atoms with Gasteiger partial charge in [0.2, 0.25) is 0 Å². The third-order valence-electron chi connectivity index (χ3n) is 2.73. The van der Waals surface area contributed by atoms with E-state index < -0.39 is 12.1 Å². The summed E-state index contributed by atoms with van der Waals surface area (Å²) in [5.41, 5.74) is 0.704. The number of alkyl halides is 3. The normalized spacial score (nSPS) is 18.3. The lowest BCUT2D eigenvalue weighted by atomic mass is 10.1. The molecule has 1 aliphatic heterocycles. The van der Waals surface area contributed by atoms with Gasteiger partial charge < -0.3 is 20.7 Å². The minimum Gasteiger partial charge on any atom is -0.475 e. The first-order valence-corrected chi connectivity index (χ1v) is 6.25. The number of aromatic amines is 1. The zero-order valence-electron chi connectivity index (χ0n) is 11.0. The summed E-state index contributed by atoms with van der Waals surface area (Å²) in [6, 6.07) is 2.07. The third kappa shape index (κ3) is 6.30. The highest BCUT2D eigenvalue weighted by Gasteiger charge is 2.38. The minimum absolute atomic E-state index is 0.0138. The molecule has 118 valence electrons. The number of carbonyl (C=O) groups excluding carboxylic acids is 1. The van der Waals surface area contributed by atoms with E-state index in [4.69, 9.17) is 9.90 Å². The lowest BCUT2D eigenvalue weighted by Gasteiger charge is -2.23. The number of amides is 1. The lowest BCUT2D eigenvalue weighted by Crippen LogP contribution is -2.45. The number of hydrogen-bond donors (Lipinski definition) is 4. The van der Waals surface area contributed by atoms with Gasteiger partial charge in [-0.3, -0.25) is 4.79 Å². The standard InChI is InChI=1S/C10H15N3O.C2HF3O2/c14-10(8-3-5-12-6-8)13-9-2-1-4-11-7-9;3-2(4,5)1(6)7/h3,5-6,9,11-12H,1-2,4,7H2,(H,13,14);(H,6,7)/t9-;/m0./s1. The van der Waals surface area contributed by atoms with Crippen LogP contribution >= 0.6 is 0 Å². The van der Waals surface area contributed by atoms with Crippen molar-refractivity contribution in [2.24, 2.45) is 0 Å². The highest BCUT2D eigenvalue weighted by Crippen LogP contribution is 2.13. The Morgan fingerprint density at radius 2 is 2.05 bits per heavy atom. The van der Waals surface area contributed by atoms with Crippen molar-refractivity contribution >= 4 is 11.9 Å². The molecule has 1 amide bonds. The van der Waals surface area contributed by atoms with E-state index in [1.807, 2.05) is 0 Å². The molecule has 1 aliphatic rings. The van der Waals surface area contributed by atoms with E-state index in [1.54, 1.807) is 18.5 Å². The summed E-state index contributed by atoms with van der Waals surface area (Å²) in [5, 5.41) is 13.4. The number of halogens is 3. The van der Waals surface area contributed by atoms with Gasteiger partial charge in [-0.25, -0.2) is 4.79 Å². The number of H-pyrrole nitrogens is 1. The summed E-state index contributed by atoms with van der Waals surface area (Å²) < 4.78 is 31.7. The van der Waals surface area contributed by atoms with Crippen LogP contribution in [0.5, 0.6) is 0 Å². The maximum Gasteiger partial charge on any atom is 0.490 e. The van der Waals surface area contributed by atoms with Crippen molar-refractivity contribution < 1.29 is 27.9 Å². The maximum atomic E-state index is 11.6. The van der Waals surface area contributed by atoms with E-state index in [0.29, 0.717) is 5.56 Å². The van der Waals surface area contributed by atoms with E-state index >= 15 is 0 Å². The van der Waals surface area contributed by atoms with Crippen LogP contribution in [0.4, 0.5) is 13.2 Å². The molecule has 1 aromatic heterocycles. The summed E-state index contributed by atoms with van der Waals surface area (Å²) in [7, 11) is 0. The Morgan fingerprint density at radius 1 is 1.38 bits per heavy atom. The molecule has 2 heterocycles. The Bertz CT molecular complexity index is 454. The minimum atomic E-state index is -5.08. The number of nitrogens with one attached hydrogen (secondary N) is 3. The molecule has 0 aromatic carbocycles. The van der Waals surface area contributed by atoms with Gasteiger partial charge in [0.05, 0.1) is 5.56 Å². The molecule has 1 aromatic rings. The predicted molar refractivity (Wildman–Crippen MR) is 67.8 cm³/mol. The highest BCUT2D eigenvalue weighted by atomic mass is 19.4. The molecule has 1 saturated heterocycles. The molecular weight excluding hydrogens is 291 g/mol. The Labute approximate surface area is 118 Å². The fourth-order valence-corrected chi connectivity index (χ4v) is 1.71. The van der Waals surface area contributed by atoms with Crippen LogP contribution < -0.4 is 10.6 Å². The Kier molecular flexibility index (Phi) is 6.22. The van der Waals surface area contributed by atoms with Gasteiger partial charge in [0, 0.05) is 25.0 Å². The topological polar surface area (TPSA) is 94.2 Å². The molecule has 6 nitrogen and oxygen atoms in total. The maximum absolute atomic E-state index is 11.6. The van der Waals surface area contributed by atoms with Crippen molar-refractivity contribution in [1.29, 1.82) is 0 Å². The zero-order chi connectivity index (χ0) is 15.9. The summed E-state index contributed by atoms with van der Waals surface area (Å²) in [4.78, 5) is 23.4. The molecule has 0 saturated carbocycles. The second-order valence-electron chi connectivity index (χ2n) is 4.42. The van der Waals surface area contributed by atoms with Gasteiger partial charge in [-0.05, 0) is 25.5 Å². The molecule has 0 spiro atoms. The molecular formula is C12H16F3N3O3. The van der Waals surface area contributed by atoms with Crippen LogP contribution in [-0.4, -0.2) is 47.3 Å². The van der Waals surface area contributed by atoms with E-state index in [1.165, 1.54) is 0 Å². The Balaban J connectivity index is 0.000000270. The number of carbonyl (C=O) groups is 2. The Hall–Kier alpha value is -2.03. The third-order valence-corrected chi connectivity index (χ3v) is 2.73. The summed E-state index contributed by atoms with van der Waals surface area (Å²) in [6.07, 6.45) is 0.598. The number of carboxylic acid groups (broad SMARTS) is 1. The molecule has 0 bridgehead atoms. The predicted octanol–water partition coefficient (Wildman–Crippen LogP) is 1.13. The molecule has 0 radical (unpaired) electrons. The first kappa shape index (κ1) is 17.0. The fourth-order valence-electron chi connectivity index (χ4n) is 1.71. The van der Waals surface area contributed by atoms with Crippen LogP contribution in [0.3, 0.4) is 0 Å². The second-order valence-corrected chi connectivity index (χ2v) is 4.42. The van der Waals surface area contributed by atoms with Gasteiger partial charge in [-0.2, -0.15) is 13.2 Å². The van der Waals surface area contributed by atoms with Gasteiger partial charge in [0.25, 0.3) is 5.91 Å². The summed E-state index contributed by atoms with van der Waals surface area (Å²) >= 11 is 0. The molecule has 1 atom stereocenters. The van der Waals surface area contributed by atoms with Crippen LogP contribution in [0.1, 0.15) is 23.2 Å². The fraction of sp³-hybridized carbons (Fsp3) is 0.500. The molecule has 0 unspecified atom stereocenters. The number of carboxylic acids is 1. The highest BCUT2D eigenvalue weighted by molar-refractivity contribution is 5.94. The van der Waals surface area contributed by atoms with E-state index in [9.17, 15) is 18.0 Å². The van der Waals surface area contributed by atoms with Crippen LogP contribution in [0.2, 0.25) is 0 Å². The molecule has 2 rings (SSSR count). The quantitative estimate of drug-likeness (QED) is 0.659. The van der Waals surface area contributed by atoms with Crippen LogP contribution in [0, 0.1) is 0 Å². The first-order valence-electron chi connectivity index (χ1n) is 6.25. The number of aliphatic carboxylic acids is 1. The number of hydrogen-bond acceptors (Lipinski definition) is 3. The van der Waals surface area contributed by atoms with Crippen LogP contribution in [0.25, 0.3) is 0 Å². The second kappa shape index (κ2) is 7.67. The largest absolute Gasteiger partial charge is 0.490 e. The lowest BCUT2D eigenvalue weighted by molar-refractivity contribution is -0.192. The van der Waals surface area contributed by atoms with E-state index in [2.05, 4.69) is 15.6 Å². The zero-order valence-corrected chi connectivity index (χ0v) is 11.0. The average molecular weight is 307 g/mol. The van der Waals surface area contributed by atoms with Crippen molar-refractivity contribution in [2.45, 2.75) is 25.1 Å².